The molecule has 0 aliphatic heterocycles. The van der Waals surface area contributed by atoms with E-state index in [1.807, 2.05) is 23.9 Å². The zero-order chi connectivity index (χ0) is 13.1. The third-order valence-electron chi connectivity index (χ3n) is 2.98. The van der Waals surface area contributed by atoms with Crippen LogP contribution in [-0.4, -0.2) is 9.78 Å². The van der Waals surface area contributed by atoms with Gasteiger partial charge in [0, 0.05) is 30.4 Å². The van der Waals surface area contributed by atoms with Crippen LogP contribution in [0.3, 0.4) is 0 Å². The van der Waals surface area contributed by atoms with Crippen molar-refractivity contribution in [3.8, 4) is 11.1 Å². The Balaban J connectivity index is 2.39. The van der Waals surface area contributed by atoms with Crippen molar-refractivity contribution in [1.82, 2.24) is 9.78 Å². The molecule has 0 radical (unpaired) electrons. The van der Waals surface area contributed by atoms with Crippen LogP contribution in [0.25, 0.3) is 11.1 Å². The number of rotatable bonds is 4. The summed E-state index contributed by atoms with van der Waals surface area (Å²) in [6.45, 7) is 5.15. The van der Waals surface area contributed by atoms with E-state index in [1.165, 1.54) is 6.07 Å². The molecule has 2 aromatic rings. The third-order valence-corrected chi connectivity index (χ3v) is 2.98. The molecule has 96 valence electrons. The molecule has 3 nitrogen and oxygen atoms in total. The van der Waals surface area contributed by atoms with Gasteiger partial charge in [-0.3, -0.25) is 4.68 Å². The number of halogens is 1. The molecule has 1 aromatic carbocycles. The first-order chi connectivity index (χ1) is 8.65. The standard InChI is InChI=1S/C14H18FN3/c1-3-6-18-9-13(10(2)17-18)11-4-5-12(8-16)14(15)7-11/h4-5,7,9H,3,6,8,16H2,1-2H3. The Morgan fingerprint density at radius 1 is 1.39 bits per heavy atom. The maximum Gasteiger partial charge on any atom is 0.128 e. The maximum absolute atomic E-state index is 13.7. The van der Waals surface area contributed by atoms with E-state index in [-0.39, 0.29) is 12.4 Å². The van der Waals surface area contributed by atoms with Gasteiger partial charge in [-0.1, -0.05) is 19.1 Å². The first-order valence-corrected chi connectivity index (χ1v) is 6.18. The lowest BCUT2D eigenvalue weighted by Crippen LogP contribution is -1.99. The van der Waals surface area contributed by atoms with Gasteiger partial charge in [-0.05, 0) is 25.0 Å². The van der Waals surface area contributed by atoms with Gasteiger partial charge in [-0.15, -0.1) is 0 Å². The Kier molecular flexibility index (Phi) is 3.77. The fourth-order valence-corrected chi connectivity index (χ4v) is 2.03. The highest BCUT2D eigenvalue weighted by Gasteiger charge is 2.09. The topological polar surface area (TPSA) is 43.8 Å². The van der Waals surface area contributed by atoms with E-state index < -0.39 is 0 Å². The normalized spacial score (nSPS) is 10.9. The van der Waals surface area contributed by atoms with Crippen LogP contribution in [0.1, 0.15) is 24.6 Å². The van der Waals surface area contributed by atoms with Gasteiger partial charge >= 0.3 is 0 Å². The molecule has 0 saturated heterocycles. The Labute approximate surface area is 106 Å². The van der Waals surface area contributed by atoms with Crippen LogP contribution in [-0.2, 0) is 13.1 Å². The lowest BCUT2D eigenvalue weighted by molar-refractivity contribution is 0.598. The number of nitrogens with zero attached hydrogens (tertiary/aromatic N) is 2. The molecule has 18 heavy (non-hydrogen) atoms. The molecule has 1 heterocycles. The van der Waals surface area contributed by atoms with Crippen molar-refractivity contribution in [3.05, 3.63) is 41.5 Å². The Hall–Kier alpha value is -1.68. The molecule has 0 aliphatic rings. The average Bonchev–Trinajstić information content (AvgIpc) is 2.71. The molecule has 0 saturated carbocycles. The average molecular weight is 247 g/mol. The monoisotopic (exact) mass is 247 g/mol. The number of hydrogen-bond acceptors (Lipinski definition) is 2. The molecule has 0 fully saturated rings. The molecule has 4 heteroatoms. The number of benzene rings is 1. The first kappa shape index (κ1) is 12.8. The maximum atomic E-state index is 13.7. The van der Waals surface area contributed by atoms with Gasteiger partial charge in [-0.2, -0.15) is 5.10 Å². The van der Waals surface area contributed by atoms with Crippen LogP contribution < -0.4 is 5.73 Å². The molecule has 1 aromatic heterocycles. The summed E-state index contributed by atoms with van der Waals surface area (Å²) in [6, 6.07) is 5.16. The van der Waals surface area contributed by atoms with Crippen LogP contribution in [0.4, 0.5) is 4.39 Å². The summed E-state index contributed by atoms with van der Waals surface area (Å²) in [7, 11) is 0. The minimum Gasteiger partial charge on any atom is -0.326 e. The number of aryl methyl sites for hydroxylation is 2. The highest BCUT2D eigenvalue weighted by Crippen LogP contribution is 2.24. The van der Waals surface area contributed by atoms with Crippen molar-refractivity contribution >= 4 is 0 Å². The van der Waals surface area contributed by atoms with Gasteiger partial charge in [0.05, 0.1) is 5.69 Å². The molecule has 0 atom stereocenters. The predicted octanol–water partition coefficient (Wildman–Crippen LogP) is 2.87. The second-order valence-electron chi connectivity index (χ2n) is 4.40. The van der Waals surface area contributed by atoms with Crippen LogP contribution in [0.15, 0.2) is 24.4 Å². The molecule has 0 aliphatic carbocycles. The van der Waals surface area contributed by atoms with Crippen LogP contribution in [0.2, 0.25) is 0 Å². The molecule has 0 unspecified atom stereocenters. The zero-order valence-corrected chi connectivity index (χ0v) is 10.8. The molecule has 2 rings (SSSR count). The van der Waals surface area contributed by atoms with Crippen molar-refractivity contribution < 1.29 is 4.39 Å². The van der Waals surface area contributed by atoms with Crippen molar-refractivity contribution in [1.29, 1.82) is 0 Å². The van der Waals surface area contributed by atoms with Crippen LogP contribution >= 0.6 is 0 Å². The Morgan fingerprint density at radius 2 is 2.17 bits per heavy atom. The lowest BCUT2D eigenvalue weighted by atomic mass is 10.0. The lowest BCUT2D eigenvalue weighted by Gasteiger charge is -2.03. The first-order valence-electron chi connectivity index (χ1n) is 6.18. The quantitative estimate of drug-likeness (QED) is 0.902. The van der Waals surface area contributed by atoms with Gasteiger partial charge in [-0.25, -0.2) is 4.39 Å². The van der Waals surface area contributed by atoms with Crippen molar-refractivity contribution in [2.24, 2.45) is 5.73 Å². The fourth-order valence-electron chi connectivity index (χ4n) is 2.03. The van der Waals surface area contributed by atoms with E-state index in [2.05, 4.69) is 12.0 Å². The summed E-state index contributed by atoms with van der Waals surface area (Å²) in [6.07, 6.45) is 3.00. The smallest absolute Gasteiger partial charge is 0.128 e. The second-order valence-corrected chi connectivity index (χ2v) is 4.40. The summed E-state index contributed by atoms with van der Waals surface area (Å²) >= 11 is 0. The van der Waals surface area contributed by atoms with Gasteiger partial charge in [0.25, 0.3) is 0 Å². The van der Waals surface area contributed by atoms with Crippen LogP contribution in [0, 0.1) is 12.7 Å². The highest BCUT2D eigenvalue weighted by atomic mass is 19.1. The summed E-state index contributed by atoms with van der Waals surface area (Å²) in [5, 5.41) is 4.42. The van der Waals surface area contributed by atoms with E-state index >= 15 is 0 Å². The molecule has 2 N–H and O–H groups in total. The molecular weight excluding hydrogens is 229 g/mol. The summed E-state index contributed by atoms with van der Waals surface area (Å²) in [5.74, 6) is -0.252. The Morgan fingerprint density at radius 3 is 2.78 bits per heavy atom. The zero-order valence-electron chi connectivity index (χ0n) is 10.8. The van der Waals surface area contributed by atoms with E-state index in [1.54, 1.807) is 6.07 Å². The van der Waals surface area contributed by atoms with Gasteiger partial charge in [0.1, 0.15) is 5.82 Å². The second kappa shape index (κ2) is 5.31. The number of aromatic nitrogens is 2. The van der Waals surface area contributed by atoms with E-state index in [0.717, 1.165) is 29.8 Å². The predicted molar refractivity (Wildman–Crippen MR) is 70.5 cm³/mol. The summed E-state index contributed by atoms with van der Waals surface area (Å²) < 4.78 is 15.6. The number of nitrogens with two attached hydrogens (primary N) is 1. The minimum absolute atomic E-state index is 0.222. The van der Waals surface area contributed by atoms with Crippen molar-refractivity contribution in [2.45, 2.75) is 33.4 Å². The van der Waals surface area contributed by atoms with E-state index in [0.29, 0.717) is 5.56 Å². The summed E-state index contributed by atoms with van der Waals surface area (Å²) in [5.41, 5.74) is 8.74. The molecular formula is C14H18FN3. The van der Waals surface area contributed by atoms with Crippen molar-refractivity contribution in [2.75, 3.05) is 0 Å². The fraction of sp³-hybridized carbons (Fsp3) is 0.357. The Bertz CT molecular complexity index is 546. The molecule has 0 amide bonds. The minimum atomic E-state index is -0.252. The summed E-state index contributed by atoms with van der Waals surface area (Å²) in [4.78, 5) is 0. The van der Waals surface area contributed by atoms with E-state index in [4.69, 9.17) is 5.73 Å². The highest BCUT2D eigenvalue weighted by molar-refractivity contribution is 5.65. The van der Waals surface area contributed by atoms with Gasteiger partial charge in [0.15, 0.2) is 0 Å². The number of hydrogen-bond donors (Lipinski definition) is 1. The van der Waals surface area contributed by atoms with Gasteiger partial charge < -0.3 is 5.73 Å². The van der Waals surface area contributed by atoms with Crippen LogP contribution in [0.5, 0.6) is 0 Å². The molecule has 0 spiro atoms. The van der Waals surface area contributed by atoms with Crippen molar-refractivity contribution in [3.63, 3.8) is 0 Å². The SMILES string of the molecule is CCCn1cc(-c2ccc(CN)c(F)c2)c(C)n1. The van der Waals surface area contributed by atoms with Gasteiger partial charge in [0.2, 0.25) is 0 Å². The molecule has 0 bridgehead atoms. The third kappa shape index (κ3) is 2.43. The van der Waals surface area contributed by atoms with E-state index in [9.17, 15) is 4.39 Å². The largest absolute Gasteiger partial charge is 0.326 e.